The molecule has 0 spiro atoms. The Balaban J connectivity index is 1.79. The van der Waals surface area contributed by atoms with Gasteiger partial charge in [-0.05, 0) is 42.7 Å². The Hall–Kier alpha value is -3.27. The van der Waals surface area contributed by atoms with Gasteiger partial charge in [0.25, 0.3) is 0 Å². The summed E-state index contributed by atoms with van der Waals surface area (Å²) in [4.78, 5) is 16.1. The molecule has 2 N–H and O–H groups in total. The number of aromatic amines is 1. The molecule has 0 radical (unpaired) electrons. The molecule has 0 amide bonds. The first kappa shape index (κ1) is 17.2. The number of H-pyrrole nitrogens is 1. The zero-order valence-corrected chi connectivity index (χ0v) is 14.1. The third-order valence-electron chi connectivity index (χ3n) is 4.89. The van der Waals surface area contributed by atoms with Crippen molar-refractivity contribution >= 4 is 22.8 Å². The zero-order chi connectivity index (χ0) is 19.2. The van der Waals surface area contributed by atoms with Crippen LogP contribution in [0.2, 0.25) is 0 Å². The van der Waals surface area contributed by atoms with Gasteiger partial charge in [0.05, 0.1) is 11.8 Å². The molecule has 2 heterocycles. The molecule has 2 aliphatic rings. The number of fused-ring (bicyclic) bond motifs is 3. The van der Waals surface area contributed by atoms with Crippen molar-refractivity contribution in [2.24, 2.45) is 0 Å². The van der Waals surface area contributed by atoms with Crippen molar-refractivity contribution in [3.05, 3.63) is 64.0 Å². The van der Waals surface area contributed by atoms with E-state index < -0.39 is 11.7 Å². The Labute approximate surface area is 152 Å². The van der Waals surface area contributed by atoms with Crippen molar-refractivity contribution in [2.45, 2.75) is 25.6 Å². The van der Waals surface area contributed by atoms with E-state index in [9.17, 15) is 18.0 Å². The third-order valence-corrected chi connectivity index (χ3v) is 4.89. The molecule has 0 bridgehead atoms. The minimum atomic E-state index is -4.39. The molecule has 4 rings (SSSR count). The Kier molecular flexibility index (Phi) is 3.92. The summed E-state index contributed by atoms with van der Waals surface area (Å²) < 4.78 is 39.1. The summed E-state index contributed by atoms with van der Waals surface area (Å²) in [6.45, 7) is 0.243. The van der Waals surface area contributed by atoms with Crippen molar-refractivity contribution in [2.75, 3.05) is 0 Å². The van der Waals surface area contributed by atoms with Crippen molar-refractivity contribution in [1.29, 1.82) is 5.26 Å². The van der Waals surface area contributed by atoms with Gasteiger partial charge in [0.1, 0.15) is 0 Å². The lowest BCUT2D eigenvalue weighted by Gasteiger charge is -2.20. The number of ketones is 1. The fraction of sp³-hybridized carbons (Fsp3) is 0.200. The molecule has 4 nitrogen and oxygen atoms in total. The summed E-state index contributed by atoms with van der Waals surface area (Å²) in [5, 5.41) is 12.5. The molecule has 2 aromatic rings. The minimum Gasteiger partial charge on any atom is -0.381 e. The highest BCUT2D eigenvalue weighted by Gasteiger charge is 2.37. The van der Waals surface area contributed by atoms with Crippen LogP contribution in [0.25, 0.3) is 17.0 Å². The summed E-state index contributed by atoms with van der Waals surface area (Å²) in [5.41, 5.74) is 2.71. The van der Waals surface area contributed by atoms with E-state index in [4.69, 9.17) is 5.26 Å². The summed E-state index contributed by atoms with van der Waals surface area (Å²) in [6, 6.07) is 7.44. The van der Waals surface area contributed by atoms with E-state index in [1.165, 1.54) is 6.08 Å². The highest BCUT2D eigenvalue weighted by molar-refractivity contribution is 6.13. The second-order valence-electron chi connectivity index (χ2n) is 6.49. The van der Waals surface area contributed by atoms with Gasteiger partial charge in [0.15, 0.2) is 0 Å². The number of nitriles is 1. The lowest BCUT2D eigenvalue weighted by Crippen LogP contribution is -2.21. The van der Waals surface area contributed by atoms with Gasteiger partial charge >= 0.3 is 6.18 Å². The first-order chi connectivity index (χ1) is 12.9. The van der Waals surface area contributed by atoms with Crippen LogP contribution >= 0.6 is 0 Å². The van der Waals surface area contributed by atoms with E-state index in [1.54, 1.807) is 6.08 Å². The minimum absolute atomic E-state index is 0.0530. The fourth-order valence-electron chi connectivity index (χ4n) is 3.56. The van der Waals surface area contributed by atoms with E-state index in [2.05, 4.69) is 10.3 Å². The van der Waals surface area contributed by atoms with Crippen LogP contribution in [-0.4, -0.2) is 16.9 Å². The van der Waals surface area contributed by atoms with Crippen molar-refractivity contribution in [3.8, 4) is 6.07 Å². The predicted molar refractivity (Wildman–Crippen MR) is 94.5 cm³/mol. The molecule has 1 aliphatic carbocycles. The molecule has 0 atom stereocenters. The maximum Gasteiger partial charge on any atom is 0.412 e. The molecule has 0 unspecified atom stereocenters. The summed E-state index contributed by atoms with van der Waals surface area (Å²) >= 11 is 0. The average molecular weight is 369 g/mol. The molecule has 1 aromatic heterocycles. The van der Waals surface area contributed by atoms with Gasteiger partial charge in [-0.2, -0.15) is 18.4 Å². The number of nitrogens with one attached hydrogen (secondary N) is 2. The van der Waals surface area contributed by atoms with Crippen LogP contribution in [0.1, 0.15) is 34.5 Å². The number of hydrogen-bond donors (Lipinski definition) is 2. The number of hydrogen-bond acceptors (Lipinski definition) is 3. The largest absolute Gasteiger partial charge is 0.412 e. The molecule has 27 heavy (non-hydrogen) atoms. The van der Waals surface area contributed by atoms with Crippen LogP contribution in [0, 0.1) is 11.3 Å². The Morgan fingerprint density at radius 2 is 2.04 bits per heavy atom. The third kappa shape index (κ3) is 2.93. The molecular formula is C20H14F3N3O. The van der Waals surface area contributed by atoms with Crippen LogP contribution in [0.3, 0.4) is 0 Å². The van der Waals surface area contributed by atoms with Gasteiger partial charge in [-0.3, -0.25) is 4.79 Å². The highest BCUT2D eigenvalue weighted by Crippen LogP contribution is 2.38. The number of benzene rings is 1. The monoisotopic (exact) mass is 369 g/mol. The van der Waals surface area contributed by atoms with E-state index in [-0.39, 0.29) is 30.9 Å². The van der Waals surface area contributed by atoms with Crippen LogP contribution < -0.4 is 5.32 Å². The van der Waals surface area contributed by atoms with E-state index >= 15 is 0 Å². The van der Waals surface area contributed by atoms with Crippen LogP contribution in [0.5, 0.6) is 0 Å². The van der Waals surface area contributed by atoms with Crippen molar-refractivity contribution < 1.29 is 18.0 Å². The topological polar surface area (TPSA) is 68.7 Å². The standard InChI is InChI=1S/C20H14F3N3O/c21-20(22,23)12-4-5-13-17(9-12)25-10-15-14-8-11(2-1-7-24)3-6-16(14)26-18(15)19(13)27/h1-3,6,8-9,25-26H,4-5,10H2. The second kappa shape index (κ2) is 6.16. The molecule has 0 fully saturated rings. The number of carbonyl (C=O) groups excluding carboxylic acids is 1. The fourth-order valence-corrected chi connectivity index (χ4v) is 3.56. The Morgan fingerprint density at radius 1 is 1.22 bits per heavy atom. The van der Waals surface area contributed by atoms with E-state index in [0.29, 0.717) is 11.3 Å². The number of rotatable bonds is 1. The van der Waals surface area contributed by atoms with Gasteiger partial charge < -0.3 is 10.3 Å². The number of Topliss-reactive ketones (excluding diaryl/α,β-unsaturated/α-hetero) is 1. The van der Waals surface area contributed by atoms with Crippen LogP contribution in [0.15, 0.2) is 47.2 Å². The lowest BCUT2D eigenvalue weighted by molar-refractivity contribution is -0.0942. The number of allylic oxidation sites excluding steroid dienone is 4. The average Bonchev–Trinajstić information content (AvgIpc) is 2.94. The second-order valence-corrected chi connectivity index (χ2v) is 6.49. The summed E-state index contributed by atoms with van der Waals surface area (Å²) in [5.74, 6) is -0.271. The van der Waals surface area contributed by atoms with Crippen LogP contribution in [-0.2, 0) is 6.54 Å². The van der Waals surface area contributed by atoms with E-state index in [1.807, 2.05) is 24.3 Å². The van der Waals surface area contributed by atoms with Gasteiger partial charge in [-0.1, -0.05) is 6.07 Å². The maximum atomic E-state index is 13.0. The number of alkyl halides is 3. The number of aromatic nitrogens is 1. The Morgan fingerprint density at radius 3 is 2.78 bits per heavy atom. The predicted octanol–water partition coefficient (Wildman–Crippen LogP) is 4.53. The number of nitrogens with zero attached hydrogens (tertiary/aromatic N) is 1. The molecule has 0 saturated carbocycles. The Bertz CT molecular complexity index is 1090. The van der Waals surface area contributed by atoms with E-state index in [0.717, 1.165) is 28.1 Å². The highest BCUT2D eigenvalue weighted by atomic mass is 19.4. The summed E-state index contributed by atoms with van der Waals surface area (Å²) in [7, 11) is 0. The molecule has 1 aliphatic heterocycles. The van der Waals surface area contributed by atoms with Crippen molar-refractivity contribution in [3.63, 3.8) is 0 Å². The molecule has 0 saturated heterocycles. The normalized spacial score (nSPS) is 17.3. The molecule has 1 aromatic carbocycles. The molecular weight excluding hydrogens is 355 g/mol. The first-order valence-electron chi connectivity index (χ1n) is 8.38. The quantitative estimate of drug-likeness (QED) is 0.726. The van der Waals surface area contributed by atoms with Gasteiger partial charge in [-0.15, -0.1) is 0 Å². The maximum absolute atomic E-state index is 13.0. The first-order valence-corrected chi connectivity index (χ1v) is 8.38. The van der Waals surface area contributed by atoms with Crippen molar-refractivity contribution in [1.82, 2.24) is 10.3 Å². The number of carbonyl (C=O) groups is 1. The summed E-state index contributed by atoms with van der Waals surface area (Å²) in [6.07, 6.45) is -0.470. The molecule has 136 valence electrons. The zero-order valence-electron chi connectivity index (χ0n) is 14.1. The smallest absolute Gasteiger partial charge is 0.381 e. The van der Waals surface area contributed by atoms with Gasteiger partial charge in [-0.25, -0.2) is 0 Å². The SMILES string of the molecule is N#CC=Cc1ccc2[nH]c3c(c2c1)CNC1=C(CCC(C(F)(F)F)=C1)C3=O. The van der Waals surface area contributed by atoms with Gasteiger partial charge in [0.2, 0.25) is 5.78 Å². The van der Waals surface area contributed by atoms with Crippen LogP contribution in [0.4, 0.5) is 13.2 Å². The van der Waals surface area contributed by atoms with Gasteiger partial charge in [0, 0.05) is 45.9 Å². The lowest BCUT2D eigenvalue weighted by atomic mass is 9.92. The number of halogens is 3. The molecule has 7 heteroatoms.